The lowest BCUT2D eigenvalue weighted by Crippen LogP contribution is -2.05. The number of anilines is 3. The summed E-state index contributed by atoms with van der Waals surface area (Å²) in [5.41, 5.74) is 1.17. The minimum absolute atomic E-state index is 0.319. The summed E-state index contributed by atoms with van der Waals surface area (Å²) in [7, 11) is 0. The van der Waals surface area contributed by atoms with Gasteiger partial charge in [-0.05, 0) is 25.1 Å². The van der Waals surface area contributed by atoms with Gasteiger partial charge < -0.3 is 15.0 Å². The Morgan fingerprint density at radius 1 is 1.33 bits per heavy atom. The number of aromatic nitrogens is 3. The zero-order valence-corrected chi connectivity index (χ0v) is 12.0. The summed E-state index contributed by atoms with van der Waals surface area (Å²) < 4.78 is 15.2. The van der Waals surface area contributed by atoms with Crippen LogP contribution >= 0.6 is 11.6 Å². The number of benzene rings is 1. The maximum atomic E-state index is 13.4. The van der Waals surface area contributed by atoms with Crippen LogP contribution in [0, 0.1) is 5.82 Å². The van der Waals surface area contributed by atoms with E-state index in [2.05, 4.69) is 20.6 Å². The first-order chi connectivity index (χ1) is 10.2. The van der Waals surface area contributed by atoms with E-state index in [1.54, 1.807) is 12.3 Å². The first-order valence-electron chi connectivity index (χ1n) is 6.46. The Balaban J connectivity index is 2.04. The van der Waals surface area contributed by atoms with Crippen molar-refractivity contribution in [3.05, 3.63) is 47.6 Å². The van der Waals surface area contributed by atoms with Crippen LogP contribution in [0.25, 0.3) is 5.65 Å². The van der Waals surface area contributed by atoms with Gasteiger partial charge in [-0.3, -0.25) is 0 Å². The summed E-state index contributed by atoms with van der Waals surface area (Å²) in [4.78, 5) is 8.69. The molecule has 0 saturated heterocycles. The Hall–Kier alpha value is -2.34. The van der Waals surface area contributed by atoms with E-state index in [9.17, 15) is 4.39 Å². The van der Waals surface area contributed by atoms with Gasteiger partial charge in [-0.1, -0.05) is 11.6 Å². The molecule has 0 saturated carbocycles. The smallest absolute Gasteiger partial charge is 0.180 e. The zero-order chi connectivity index (χ0) is 14.8. The largest absolute Gasteiger partial charge is 0.369 e. The van der Waals surface area contributed by atoms with Crippen LogP contribution in [0.3, 0.4) is 0 Å². The topological polar surface area (TPSA) is 54.2 Å². The van der Waals surface area contributed by atoms with E-state index in [0.717, 1.165) is 6.54 Å². The van der Waals surface area contributed by atoms with Crippen LogP contribution < -0.4 is 10.6 Å². The Morgan fingerprint density at radius 3 is 2.95 bits per heavy atom. The molecule has 2 aromatic heterocycles. The van der Waals surface area contributed by atoms with Crippen LogP contribution in [0.1, 0.15) is 6.92 Å². The van der Waals surface area contributed by atoms with E-state index < -0.39 is 5.82 Å². The van der Waals surface area contributed by atoms with Crippen molar-refractivity contribution in [1.82, 2.24) is 14.4 Å². The molecule has 108 valence electrons. The zero-order valence-electron chi connectivity index (χ0n) is 11.3. The van der Waals surface area contributed by atoms with Gasteiger partial charge in [0.05, 0.1) is 6.20 Å². The molecule has 0 radical (unpaired) electrons. The van der Waals surface area contributed by atoms with Crippen molar-refractivity contribution in [2.45, 2.75) is 6.92 Å². The number of nitrogens with zero attached hydrogens (tertiary/aromatic N) is 3. The maximum absolute atomic E-state index is 13.4. The number of hydrogen-bond acceptors (Lipinski definition) is 4. The first kappa shape index (κ1) is 13.6. The van der Waals surface area contributed by atoms with Crippen molar-refractivity contribution in [3.8, 4) is 0 Å². The fourth-order valence-electron chi connectivity index (χ4n) is 2.04. The highest BCUT2D eigenvalue weighted by Gasteiger charge is 2.08. The number of imidazole rings is 1. The predicted molar refractivity (Wildman–Crippen MR) is 81.8 cm³/mol. The third kappa shape index (κ3) is 2.90. The fourth-order valence-corrected chi connectivity index (χ4v) is 2.27. The van der Waals surface area contributed by atoms with Crippen molar-refractivity contribution < 1.29 is 4.39 Å². The molecule has 21 heavy (non-hydrogen) atoms. The lowest BCUT2D eigenvalue weighted by Gasteiger charge is -2.10. The van der Waals surface area contributed by atoms with E-state index in [0.29, 0.717) is 28.0 Å². The van der Waals surface area contributed by atoms with Crippen LogP contribution in [0.5, 0.6) is 0 Å². The lowest BCUT2D eigenvalue weighted by atomic mass is 10.3. The van der Waals surface area contributed by atoms with E-state index in [4.69, 9.17) is 11.6 Å². The highest BCUT2D eigenvalue weighted by Crippen LogP contribution is 2.24. The summed E-state index contributed by atoms with van der Waals surface area (Å²) in [6, 6.07) is 4.24. The monoisotopic (exact) mass is 305 g/mol. The molecular formula is C14H13ClFN5. The van der Waals surface area contributed by atoms with Gasteiger partial charge in [0.15, 0.2) is 11.5 Å². The molecule has 0 amide bonds. The van der Waals surface area contributed by atoms with E-state index in [1.807, 2.05) is 23.7 Å². The third-order valence-corrected chi connectivity index (χ3v) is 3.08. The molecule has 2 heterocycles. The van der Waals surface area contributed by atoms with Gasteiger partial charge in [-0.2, -0.15) is 0 Å². The molecular weight excluding hydrogens is 293 g/mol. The number of nitrogens with one attached hydrogen (secondary N) is 2. The van der Waals surface area contributed by atoms with Gasteiger partial charge in [0.1, 0.15) is 11.6 Å². The second kappa shape index (κ2) is 5.57. The summed E-state index contributed by atoms with van der Waals surface area (Å²) in [6.07, 6.45) is 5.34. The highest BCUT2D eigenvalue weighted by molar-refractivity contribution is 6.30. The molecule has 7 heteroatoms. The number of fused-ring (bicyclic) bond motifs is 1. The molecule has 0 fully saturated rings. The Bertz CT molecular complexity index is 766. The molecule has 1 aromatic carbocycles. The van der Waals surface area contributed by atoms with Crippen LogP contribution in [0.4, 0.5) is 21.7 Å². The standard InChI is InChI=1S/C14H13ClFN5/c1-2-17-12-8-21-4-3-18-14(21)13(20-12)19-11-6-9(15)5-10(16)7-11/h3-8,17H,2H2,1H3,(H,19,20). The van der Waals surface area contributed by atoms with Crippen LogP contribution in [0.15, 0.2) is 36.8 Å². The van der Waals surface area contributed by atoms with Crippen molar-refractivity contribution >= 4 is 34.6 Å². The SMILES string of the molecule is CCNc1cn2ccnc2c(Nc2cc(F)cc(Cl)c2)n1. The van der Waals surface area contributed by atoms with Gasteiger partial charge in [0, 0.05) is 29.6 Å². The van der Waals surface area contributed by atoms with Gasteiger partial charge >= 0.3 is 0 Å². The normalized spacial score (nSPS) is 10.8. The quantitative estimate of drug-likeness (QED) is 0.772. The Kier molecular flexibility index (Phi) is 3.62. The van der Waals surface area contributed by atoms with Crippen LogP contribution in [-0.4, -0.2) is 20.9 Å². The molecule has 0 aliphatic carbocycles. The molecule has 0 atom stereocenters. The summed E-state index contributed by atoms with van der Waals surface area (Å²) >= 11 is 5.86. The summed E-state index contributed by atoms with van der Waals surface area (Å²) in [5, 5.41) is 6.51. The number of rotatable bonds is 4. The molecule has 0 aliphatic rings. The number of halogens is 2. The van der Waals surface area contributed by atoms with Crippen molar-refractivity contribution in [2.24, 2.45) is 0 Å². The van der Waals surface area contributed by atoms with E-state index in [-0.39, 0.29) is 0 Å². The van der Waals surface area contributed by atoms with E-state index >= 15 is 0 Å². The van der Waals surface area contributed by atoms with Gasteiger partial charge in [0.25, 0.3) is 0 Å². The molecule has 0 unspecified atom stereocenters. The minimum Gasteiger partial charge on any atom is -0.369 e. The molecule has 3 aromatic rings. The van der Waals surface area contributed by atoms with Crippen molar-refractivity contribution in [3.63, 3.8) is 0 Å². The van der Waals surface area contributed by atoms with Crippen molar-refractivity contribution in [2.75, 3.05) is 17.2 Å². The van der Waals surface area contributed by atoms with Crippen LogP contribution in [0.2, 0.25) is 5.02 Å². The number of hydrogen-bond donors (Lipinski definition) is 2. The third-order valence-electron chi connectivity index (χ3n) is 2.86. The summed E-state index contributed by atoms with van der Waals surface area (Å²) in [6.45, 7) is 2.73. The minimum atomic E-state index is -0.410. The van der Waals surface area contributed by atoms with E-state index in [1.165, 1.54) is 12.1 Å². The second-order valence-electron chi connectivity index (χ2n) is 4.45. The van der Waals surface area contributed by atoms with Gasteiger partial charge in [0.2, 0.25) is 0 Å². The summed E-state index contributed by atoms with van der Waals surface area (Å²) in [5.74, 6) is 0.820. The van der Waals surface area contributed by atoms with Gasteiger partial charge in [-0.15, -0.1) is 0 Å². The lowest BCUT2D eigenvalue weighted by molar-refractivity contribution is 0.628. The predicted octanol–water partition coefficient (Wildman–Crippen LogP) is 3.70. The molecule has 3 rings (SSSR count). The molecule has 5 nitrogen and oxygen atoms in total. The molecule has 2 N–H and O–H groups in total. The first-order valence-corrected chi connectivity index (χ1v) is 6.84. The average Bonchev–Trinajstić information content (AvgIpc) is 2.86. The average molecular weight is 306 g/mol. The molecule has 0 aliphatic heterocycles. The second-order valence-corrected chi connectivity index (χ2v) is 4.88. The Morgan fingerprint density at radius 2 is 2.19 bits per heavy atom. The molecule has 0 bridgehead atoms. The van der Waals surface area contributed by atoms with Crippen LogP contribution in [-0.2, 0) is 0 Å². The highest BCUT2D eigenvalue weighted by atomic mass is 35.5. The Labute approximate surface area is 125 Å². The van der Waals surface area contributed by atoms with Gasteiger partial charge in [-0.25, -0.2) is 14.4 Å². The maximum Gasteiger partial charge on any atom is 0.180 e. The molecule has 0 spiro atoms. The van der Waals surface area contributed by atoms with Crippen molar-refractivity contribution in [1.29, 1.82) is 0 Å². The fraction of sp³-hybridized carbons (Fsp3) is 0.143.